The second-order valence-corrected chi connectivity index (χ2v) is 10.3. The number of amides is 1. The van der Waals surface area contributed by atoms with Crippen LogP contribution in [-0.4, -0.2) is 35.2 Å². The van der Waals surface area contributed by atoms with Crippen LogP contribution in [-0.2, 0) is 10.2 Å². The van der Waals surface area contributed by atoms with E-state index in [1.54, 1.807) is 18.2 Å². The minimum absolute atomic E-state index is 0.0562. The van der Waals surface area contributed by atoms with Gasteiger partial charge < -0.3 is 9.84 Å². The third-order valence-corrected chi connectivity index (χ3v) is 6.60. The molecule has 1 aromatic heterocycles. The second-order valence-electron chi connectivity index (χ2n) is 9.31. The summed E-state index contributed by atoms with van der Waals surface area (Å²) in [5.41, 5.74) is 6.00. The monoisotopic (exact) mass is 515 g/mol. The normalized spacial score (nSPS) is 11.6. The Morgan fingerprint density at radius 2 is 1.84 bits per heavy atom. The largest absolute Gasteiger partial charge is 0.870 e. The van der Waals surface area contributed by atoms with Crippen molar-refractivity contribution in [3.8, 4) is 28.6 Å². The maximum Gasteiger partial charge on any atom is 0.342 e. The quantitative estimate of drug-likeness (QED) is 0.160. The van der Waals surface area contributed by atoms with Gasteiger partial charge in [0.25, 0.3) is 11.7 Å². The van der Waals surface area contributed by atoms with Gasteiger partial charge in [-0.25, -0.2) is 5.43 Å². The van der Waals surface area contributed by atoms with Gasteiger partial charge in [0.2, 0.25) is 0 Å². The number of ether oxygens (including phenoxy) is 1. The average Bonchev–Trinajstić information content (AvgIpc) is 3.32. The lowest BCUT2D eigenvalue weighted by molar-refractivity contribution is -0.625. The van der Waals surface area contributed by atoms with Crippen molar-refractivity contribution >= 4 is 23.9 Å². The van der Waals surface area contributed by atoms with E-state index in [0.717, 1.165) is 17.1 Å². The molecule has 8 nitrogen and oxygen atoms in total. The van der Waals surface area contributed by atoms with Gasteiger partial charge in [-0.15, -0.1) is 5.10 Å². The number of H-pyrrole nitrogens is 1. The molecule has 0 aliphatic rings. The molecule has 0 bridgehead atoms. The fourth-order valence-electron chi connectivity index (χ4n) is 3.66. The zero-order chi connectivity index (χ0) is 26.4. The van der Waals surface area contributed by atoms with E-state index in [9.17, 15) is 9.90 Å². The molecule has 0 atom stereocenters. The van der Waals surface area contributed by atoms with Crippen molar-refractivity contribution in [1.82, 2.24) is 15.6 Å². The van der Waals surface area contributed by atoms with Crippen LogP contribution in [0.4, 0.5) is 0 Å². The molecule has 0 aliphatic carbocycles. The summed E-state index contributed by atoms with van der Waals surface area (Å²) in [6.07, 6.45) is 1.31. The van der Waals surface area contributed by atoms with E-state index >= 15 is 0 Å². The number of nitrogens with one attached hydrogen (secondary N) is 2. The maximum atomic E-state index is 12.5. The molecule has 0 unspecified atom stereocenters. The number of hydrazone groups is 1. The summed E-state index contributed by atoms with van der Waals surface area (Å²) in [5, 5.41) is 24.4. The Bertz CT molecular complexity index is 1390. The topological polar surface area (TPSA) is 106 Å². The first kappa shape index (κ1) is 26.0. The van der Waals surface area contributed by atoms with E-state index in [-0.39, 0.29) is 28.6 Å². The summed E-state index contributed by atoms with van der Waals surface area (Å²) in [6.45, 7) is 6.55. The van der Waals surface area contributed by atoms with Gasteiger partial charge in [-0.1, -0.05) is 69.0 Å². The standard InChI is InChI=1S/C28H29N5O3S/c1-28(2,3)21-15-13-19(14-16-21)26-31-32-27(33(26)22-10-6-5-7-11-22)37-18-24(34)30-29-17-20-9-8-12-23(36-4)25(20)35/h5-17H,18H2,1-4H3,(H2,29,30,34,35). The van der Waals surface area contributed by atoms with Crippen molar-refractivity contribution in [3.05, 3.63) is 83.9 Å². The van der Waals surface area contributed by atoms with Crippen LogP contribution < -0.4 is 19.8 Å². The molecular formula is C28H29N5O3S. The highest BCUT2D eigenvalue weighted by molar-refractivity contribution is 7.99. The molecule has 0 radical (unpaired) electrons. The summed E-state index contributed by atoms with van der Waals surface area (Å²) >= 11 is 1.28. The van der Waals surface area contributed by atoms with E-state index < -0.39 is 0 Å². The molecule has 0 fully saturated rings. The van der Waals surface area contributed by atoms with Crippen LogP contribution in [0.15, 0.2) is 83.1 Å². The van der Waals surface area contributed by atoms with Gasteiger partial charge in [0.1, 0.15) is 11.4 Å². The predicted molar refractivity (Wildman–Crippen MR) is 143 cm³/mol. The van der Waals surface area contributed by atoms with E-state index in [1.807, 2.05) is 34.9 Å². The van der Waals surface area contributed by atoms with Crippen molar-refractivity contribution in [1.29, 1.82) is 0 Å². The Balaban J connectivity index is 1.51. The molecule has 37 heavy (non-hydrogen) atoms. The number of carbonyl (C=O) groups excluding carboxylic acids is 1. The fourth-order valence-corrected chi connectivity index (χ4v) is 4.42. The molecule has 2 N–H and O–H groups in total. The first-order valence-corrected chi connectivity index (χ1v) is 12.7. The van der Waals surface area contributed by atoms with E-state index in [4.69, 9.17) is 4.74 Å². The number of nitrogens with zero attached hydrogens (tertiary/aromatic N) is 3. The van der Waals surface area contributed by atoms with Crippen LogP contribution >= 0.6 is 11.8 Å². The third-order valence-electron chi connectivity index (χ3n) is 5.67. The lowest BCUT2D eigenvalue weighted by Gasteiger charge is -2.18. The highest BCUT2D eigenvalue weighted by Crippen LogP contribution is 2.26. The molecule has 9 heteroatoms. The molecule has 4 rings (SSSR count). The Morgan fingerprint density at radius 3 is 2.51 bits per heavy atom. The minimum Gasteiger partial charge on any atom is -0.870 e. The molecule has 0 spiro atoms. The molecule has 0 saturated carbocycles. The highest BCUT2D eigenvalue weighted by Gasteiger charge is 2.25. The van der Waals surface area contributed by atoms with Gasteiger partial charge in [-0.2, -0.15) is 9.67 Å². The molecule has 4 aromatic rings. The van der Waals surface area contributed by atoms with Crippen molar-refractivity contribution in [2.75, 3.05) is 12.9 Å². The molecule has 1 heterocycles. The molecule has 0 aliphatic heterocycles. The van der Waals surface area contributed by atoms with Gasteiger partial charge in [-0.05, 0) is 58.6 Å². The van der Waals surface area contributed by atoms with E-state index in [1.165, 1.54) is 30.6 Å². The van der Waals surface area contributed by atoms with E-state index in [0.29, 0.717) is 10.7 Å². The van der Waals surface area contributed by atoms with Gasteiger partial charge in [0.05, 0.1) is 29.7 Å². The Labute approximate surface area is 220 Å². The number of hydrogen-bond acceptors (Lipinski definition) is 6. The summed E-state index contributed by atoms with van der Waals surface area (Å²) < 4.78 is 7.02. The maximum absolute atomic E-state index is 12.5. The van der Waals surface area contributed by atoms with Crippen molar-refractivity contribution in [3.63, 3.8) is 0 Å². The number of rotatable bonds is 8. The Kier molecular flexibility index (Phi) is 7.93. The highest BCUT2D eigenvalue weighted by atomic mass is 32.2. The summed E-state index contributed by atoms with van der Waals surface area (Å²) in [5.74, 6) is 0.503. The SMILES string of the molecule is COc1cccc(C=NNC(=O)CSc2n[nH]c(-c3ccc(C(C)(C)C)cc3)[n+]2-c2ccccc2)c1[O-]. The second kappa shape index (κ2) is 11.3. The van der Waals surface area contributed by atoms with E-state index in [2.05, 4.69) is 65.8 Å². The summed E-state index contributed by atoms with van der Waals surface area (Å²) in [7, 11) is 1.43. The molecule has 190 valence electrons. The molecule has 3 aromatic carbocycles. The van der Waals surface area contributed by atoms with Gasteiger partial charge >= 0.3 is 5.16 Å². The number of aromatic amines is 1. The van der Waals surface area contributed by atoms with Gasteiger partial charge in [0, 0.05) is 0 Å². The van der Waals surface area contributed by atoms with Crippen molar-refractivity contribution in [2.24, 2.45) is 5.10 Å². The Morgan fingerprint density at radius 1 is 1.11 bits per heavy atom. The number of thioether (sulfide) groups is 1. The van der Waals surface area contributed by atoms with Crippen LogP contribution in [0.2, 0.25) is 0 Å². The number of para-hydroxylation sites is 2. The van der Waals surface area contributed by atoms with Crippen LogP contribution in [0, 0.1) is 0 Å². The van der Waals surface area contributed by atoms with Gasteiger partial charge in [-0.3, -0.25) is 4.79 Å². The number of aromatic nitrogens is 3. The van der Waals surface area contributed by atoms with Crippen LogP contribution in [0.1, 0.15) is 31.9 Å². The molecule has 0 saturated heterocycles. The van der Waals surface area contributed by atoms with Crippen molar-refractivity contribution < 1.29 is 19.2 Å². The predicted octanol–water partition coefficient (Wildman–Crippen LogP) is 3.98. The lowest BCUT2D eigenvalue weighted by Crippen LogP contribution is -2.34. The Hall–Kier alpha value is -4.11. The lowest BCUT2D eigenvalue weighted by atomic mass is 9.87. The summed E-state index contributed by atoms with van der Waals surface area (Å²) in [6, 6.07) is 23.1. The van der Waals surface area contributed by atoms with Crippen LogP contribution in [0.5, 0.6) is 11.5 Å². The van der Waals surface area contributed by atoms with Gasteiger partial charge in [0.15, 0.2) is 0 Å². The first-order valence-electron chi connectivity index (χ1n) is 11.7. The summed E-state index contributed by atoms with van der Waals surface area (Å²) in [4.78, 5) is 12.5. The third kappa shape index (κ3) is 6.18. The smallest absolute Gasteiger partial charge is 0.342 e. The number of methoxy groups -OCH3 is 1. The van der Waals surface area contributed by atoms with Crippen molar-refractivity contribution in [2.45, 2.75) is 31.3 Å². The minimum atomic E-state index is -0.324. The zero-order valence-corrected chi connectivity index (χ0v) is 22.0. The number of hydrogen-bond donors (Lipinski definition) is 2. The van der Waals surface area contributed by atoms with Crippen LogP contribution in [0.25, 0.3) is 17.1 Å². The zero-order valence-electron chi connectivity index (χ0n) is 21.2. The fraction of sp³-hybridized carbons (Fsp3) is 0.214. The van der Waals surface area contributed by atoms with Crippen LogP contribution in [0.3, 0.4) is 0 Å². The first-order chi connectivity index (χ1) is 17.8. The average molecular weight is 516 g/mol. The molecule has 1 amide bonds. The number of benzene rings is 3. The number of carbonyl (C=O) groups is 1. The molecular weight excluding hydrogens is 486 g/mol.